The summed E-state index contributed by atoms with van der Waals surface area (Å²) in [6.07, 6.45) is 1.73. The van der Waals surface area contributed by atoms with Gasteiger partial charge in [0.2, 0.25) is 0 Å². The van der Waals surface area contributed by atoms with Crippen LogP contribution in [-0.4, -0.2) is 22.3 Å². The molecule has 0 aromatic heterocycles. The largest absolute Gasteiger partial charge is 0.309 e. The maximum absolute atomic E-state index is 11.2. The van der Waals surface area contributed by atoms with E-state index >= 15 is 0 Å². The number of nitrogens with one attached hydrogen (secondary N) is 1. The Labute approximate surface area is 119 Å². The topological polar surface area (TPSA) is 29.1 Å². The Morgan fingerprint density at radius 3 is 2.65 bits per heavy atom. The van der Waals surface area contributed by atoms with Crippen molar-refractivity contribution in [1.82, 2.24) is 5.32 Å². The normalized spacial score (nSPS) is 16.5. The number of benzene rings is 1. The Morgan fingerprint density at radius 1 is 1.47 bits per heavy atom. The molecule has 3 unspecified atom stereocenters. The Balaban J connectivity index is 2.64. The van der Waals surface area contributed by atoms with Crippen LogP contribution in [-0.2, 0) is 10.8 Å². The third kappa shape index (κ3) is 4.70. The van der Waals surface area contributed by atoms with Gasteiger partial charge in [0.15, 0.2) is 0 Å². The highest BCUT2D eigenvalue weighted by Crippen LogP contribution is 2.26. The second kappa shape index (κ2) is 6.88. The first kappa shape index (κ1) is 15.2. The zero-order valence-corrected chi connectivity index (χ0v) is 13.3. The molecule has 1 N–H and O–H groups in total. The summed E-state index contributed by atoms with van der Waals surface area (Å²) in [7, 11) is -0.795. The van der Waals surface area contributed by atoms with Gasteiger partial charge in [-0.2, -0.15) is 0 Å². The fourth-order valence-corrected chi connectivity index (χ4v) is 2.59. The van der Waals surface area contributed by atoms with Crippen molar-refractivity contribution in [3.05, 3.63) is 33.3 Å². The highest BCUT2D eigenvalue weighted by Gasteiger charge is 2.12. The zero-order valence-electron chi connectivity index (χ0n) is 10.2. The molecule has 0 aliphatic carbocycles. The molecule has 0 fully saturated rings. The van der Waals surface area contributed by atoms with Crippen molar-refractivity contribution in [2.24, 2.45) is 0 Å². The van der Waals surface area contributed by atoms with Crippen molar-refractivity contribution >= 4 is 38.3 Å². The lowest BCUT2D eigenvalue weighted by molar-refractivity contribution is 0.569. The van der Waals surface area contributed by atoms with E-state index in [1.54, 1.807) is 6.26 Å². The van der Waals surface area contributed by atoms with Gasteiger partial charge >= 0.3 is 0 Å². The van der Waals surface area contributed by atoms with Gasteiger partial charge in [0.05, 0.1) is 0 Å². The maximum atomic E-state index is 11.2. The van der Waals surface area contributed by atoms with E-state index in [0.717, 1.165) is 21.6 Å². The third-order valence-electron chi connectivity index (χ3n) is 2.71. The molecular formula is C12H17BrClNOS. The highest BCUT2D eigenvalue weighted by molar-refractivity contribution is 9.10. The predicted molar refractivity (Wildman–Crippen MR) is 79.1 cm³/mol. The van der Waals surface area contributed by atoms with E-state index in [9.17, 15) is 4.21 Å². The first-order valence-electron chi connectivity index (χ1n) is 5.42. The lowest BCUT2D eigenvalue weighted by Gasteiger charge is -2.18. The average molecular weight is 339 g/mol. The molecular weight excluding hydrogens is 322 g/mol. The number of hydrogen-bond donors (Lipinski definition) is 1. The molecule has 0 saturated heterocycles. The molecule has 0 bridgehead atoms. The minimum absolute atomic E-state index is 0.145. The van der Waals surface area contributed by atoms with Gasteiger partial charge in [-0.15, -0.1) is 0 Å². The van der Waals surface area contributed by atoms with Crippen LogP contribution in [0.1, 0.15) is 25.5 Å². The molecule has 1 aromatic carbocycles. The van der Waals surface area contributed by atoms with E-state index in [1.165, 1.54) is 0 Å². The monoisotopic (exact) mass is 337 g/mol. The fourth-order valence-electron chi connectivity index (χ4n) is 1.42. The summed E-state index contributed by atoms with van der Waals surface area (Å²) in [6.45, 7) is 4.75. The van der Waals surface area contributed by atoms with Gasteiger partial charge in [0.1, 0.15) is 0 Å². The van der Waals surface area contributed by atoms with Crippen LogP contribution in [0.3, 0.4) is 0 Å². The van der Waals surface area contributed by atoms with Crippen LogP contribution in [0.2, 0.25) is 5.02 Å². The van der Waals surface area contributed by atoms with Crippen LogP contribution in [0.4, 0.5) is 0 Å². The lowest BCUT2D eigenvalue weighted by Crippen LogP contribution is -2.29. The van der Waals surface area contributed by atoms with Crippen LogP contribution >= 0.6 is 27.5 Å². The summed E-state index contributed by atoms with van der Waals surface area (Å²) >= 11 is 9.55. The molecule has 96 valence electrons. The SMILES string of the molecule is CC(NCC(C)S(C)=O)c1ccc(Br)cc1Cl. The first-order valence-corrected chi connectivity index (χ1v) is 8.21. The van der Waals surface area contributed by atoms with Crippen LogP contribution in [0, 0.1) is 0 Å². The molecule has 0 aliphatic rings. The lowest BCUT2D eigenvalue weighted by atomic mass is 10.1. The zero-order chi connectivity index (χ0) is 13.0. The maximum Gasteiger partial charge on any atom is 0.0464 e. The molecule has 0 spiro atoms. The quantitative estimate of drug-likeness (QED) is 0.890. The molecule has 5 heteroatoms. The molecule has 0 heterocycles. The van der Waals surface area contributed by atoms with Crippen molar-refractivity contribution in [3.8, 4) is 0 Å². The Hall–Kier alpha value is 0.1000. The third-order valence-corrected chi connectivity index (χ3v) is 4.83. The van der Waals surface area contributed by atoms with E-state index in [4.69, 9.17) is 11.6 Å². The standard InChI is InChI=1S/C12H17BrClNOS/c1-8(17(3)16)7-15-9(2)11-5-4-10(13)6-12(11)14/h4-6,8-9,15H,7H2,1-3H3. The Bertz CT molecular complexity index is 413. The van der Waals surface area contributed by atoms with E-state index in [1.807, 2.05) is 25.1 Å². The van der Waals surface area contributed by atoms with Gasteiger partial charge in [0.25, 0.3) is 0 Å². The predicted octanol–water partition coefficient (Wildman–Crippen LogP) is 3.52. The molecule has 1 aromatic rings. The van der Waals surface area contributed by atoms with Crippen molar-refractivity contribution in [2.45, 2.75) is 25.1 Å². The minimum Gasteiger partial charge on any atom is -0.309 e. The summed E-state index contributed by atoms with van der Waals surface area (Å²) in [5, 5.41) is 4.23. The number of halogens is 2. The Kier molecular flexibility index (Phi) is 6.13. The average Bonchev–Trinajstić information content (AvgIpc) is 2.25. The minimum atomic E-state index is -0.795. The molecule has 1 rings (SSSR count). The summed E-state index contributed by atoms with van der Waals surface area (Å²) in [6, 6.07) is 6.01. The molecule has 0 radical (unpaired) electrons. The second-order valence-corrected chi connectivity index (χ2v) is 7.23. The van der Waals surface area contributed by atoms with Gasteiger partial charge in [-0.1, -0.05) is 33.6 Å². The molecule has 0 amide bonds. The van der Waals surface area contributed by atoms with Crippen molar-refractivity contribution < 1.29 is 4.21 Å². The van der Waals surface area contributed by atoms with Crippen LogP contribution in [0.15, 0.2) is 22.7 Å². The first-order chi connectivity index (χ1) is 7.91. The van der Waals surface area contributed by atoms with Gasteiger partial charge in [-0.25, -0.2) is 0 Å². The molecule has 3 atom stereocenters. The van der Waals surface area contributed by atoms with Gasteiger partial charge in [-0.05, 0) is 31.5 Å². The van der Waals surface area contributed by atoms with E-state index in [2.05, 4.69) is 28.2 Å². The van der Waals surface area contributed by atoms with Crippen LogP contribution < -0.4 is 5.32 Å². The van der Waals surface area contributed by atoms with E-state index in [0.29, 0.717) is 0 Å². The smallest absolute Gasteiger partial charge is 0.0464 e. The fraction of sp³-hybridized carbons (Fsp3) is 0.500. The molecule has 0 saturated carbocycles. The van der Waals surface area contributed by atoms with Crippen LogP contribution in [0.25, 0.3) is 0 Å². The van der Waals surface area contributed by atoms with Crippen molar-refractivity contribution in [3.63, 3.8) is 0 Å². The highest BCUT2D eigenvalue weighted by atomic mass is 79.9. The van der Waals surface area contributed by atoms with E-state index in [-0.39, 0.29) is 11.3 Å². The van der Waals surface area contributed by atoms with Crippen molar-refractivity contribution in [2.75, 3.05) is 12.8 Å². The Morgan fingerprint density at radius 2 is 2.12 bits per heavy atom. The molecule has 17 heavy (non-hydrogen) atoms. The van der Waals surface area contributed by atoms with Gasteiger partial charge < -0.3 is 5.32 Å². The summed E-state index contributed by atoms with van der Waals surface area (Å²) in [5.41, 5.74) is 1.06. The van der Waals surface area contributed by atoms with Crippen molar-refractivity contribution in [1.29, 1.82) is 0 Å². The second-order valence-electron chi connectivity index (χ2n) is 4.10. The number of hydrogen-bond acceptors (Lipinski definition) is 2. The van der Waals surface area contributed by atoms with Gasteiger partial charge in [0, 0.05) is 44.4 Å². The number of rotatable bonds is 5. The summed E-state index contributed by atoms with van der Waals surface area (Å²) in [5.74, 6) is 0. The summed E-state index contributed by atoms with van der Waals surface area (Å²) < 4.78 is 12.2. The van der Waals surface area contributed by atoms with Gasteiger partial charge in [-0.3, -0.25) is 4.21 Å². The van der Waals surface area contributed by atoms with E-state index < -0.39 is 10.8 Å². The molecule has 2 nitrogen and oxygen atoms in total. The summed E-state index contributed by atoms with van der Waals surface area (Å²) in [4.78, 5) is 0. The molecule has 0 aliphatic heterocycles. The van der Waals surface area contributed by atoms with Crippen LogP contribution in [0.5, 0.6) is 0 Å².